The average Bonchev–Trinajstić information content (AvgIpc) is 3.01. The summed E-state index contributed by atoms with van der Waals surface area (Å²) < 4.78 is 4.79. The van der Waals surface area contributed by atoms with Gasteiger partial charge in [0.15, 0.2) is 0 Å². The third-order valence-corrected chi connectivity index (χ3v) is 4.09. The number of carbonyl (C=O) groups is 2. The minimum absolute atomic E-state index is 0.0550. The molecule has 2 amide bonds. The van der Waals surface area contributed by atoms with Crippen LogP contribution in [-0.4, -0.2) is 17.0 Å². The van der Waals surface area contributed by atoms with Gasteiger partial charge in [0.2, 0.25) is 5.76 Å². The number of aryl methyl sites for hydroxylation is 3. The van der Waals surface area contributed by atoms with E-state index in [9.17, 15) is 9.59 Å². The Morgan fingerprint density at radius 2 is 1.95 bits per heavy atom. The quantitative estimate of drug-likeness (QED) is 0.848. The third kappa shape index (κ3) is 3.05. The monoisotopic (exact) mass is 293 g/mol. The third-order valence-electron chi connectivity index (χ3n) is 2.71. The minimum atomic E-state index is -0.539. The molecule has 0 aliphatic carbocycles. The van der Waals surface area contributed by atoms with Gasteiger partial charge >= 0.3 is 5.91 Å². The zero-order chi connectivity index (χ0) is 14.7. The second-order valence-electron chi connectivity index (χ2n) is 4.31. The number of hydrazine groups is 1. The molecule has 0 bridgehead atoms. The van der Waals surface area contributed by atoms with E-state index < -0.39 is 5.91 Å². The predicted octanol–water partition coefficient (Wildman–Crippen LogP) is 1.99. The van der Waals surface area contributed by atoms with Crippen LogP contribution in [-0.2, 0) is 6.42 Å². The smallest absolute Gasteiger partial charge is 0.308 e. The molecule has 0 aliphatic heterocycles. The topological polar surface area (TPSA) is 84.2 Å². The summed E-state index contributed by atoms with van der Waals surface area (Å²) in [4.78, 5) is 25.3. The number of amides is 2. The van der Waals surface area contributed by atoms with Crippen molar-refractivity contribution in [3.8, 4) is 0 Å². The first kappa shape index (κ1) is 14.3. The van der Waals surface area contributed by atoms with E-state index in [0.29, 0.717) is 10.6 Å². The average molecular weight is 293 g/mol. The molecule has 0 aliphatic rings. The van der Waals surface area contributed by atoms with Crippen LogP contribution in [0.4, 0.5) is 0 Å². The molecule has 2 aromatic rings. The Morgan fingerprint density at radius 3 is 2.50 bits per heavy atom. The Kier molecular flexibility index (Phi) is 4.19. The van der Waals surface area contributed by atoms with E-state index in [1.54, 1.807) is 6.92 Å². The van der Waals surface area contributed by atoms with Crippen molar-refractivity contribution in [2.24, 2.45) is 0 Å². The van der Waals surface area contributed by atoms with Gasteiger partial charge in [0.05, 0.1) is 10.6 Å². The number of thiophene rings is 1. The molecule has 0 radical (unpaired) electrons. The van der Waals surface area contributed by atoms with Gasteiger partial charge in [-0.15, -0.1) is 11.3 Å². The molecular formula is C13H15N3O3S. The molecule has 0 atom stereocenters. The van der Waals surface area contributed by atoms with Gasteiger partial charge in [-0.3, -0.25) is 20.4 Å². The van der Waals surface area contributed by atoms with Crippen LogP contribution in [0.1, 0.15) is 43.3 Å². The number of hydrogen-bond acceptors (Lipinski definition) is 5. The number of hydrogen-bond donors (Lipinski definition) is 2. The highest BCUT2D eigenvalue weighted by Crippen LogP contribution is 2.21. The molecule has 0 fully saturated rings. The van der Waals surface area contributed by atoms with Crippen LogP contribution in [0, 0.1) is 13.8 Å². The van der Waals surface area contributed by atoms with Gasteiger partial charge in [0, 0.05) is 10.9 Å². The minimum Gasteiger partial charge on any atom is -0.351 e. The van der Waals surface area contributed by atoms with E-state index in [4.69, 9.17) is 4.52 Å². The van der Waals surface area contributed by atoms with Crippen LogP contribution in [0.3, 0.4) is 0 Å². The van der Waals surface area contributed by atoms with Gasteiger partial charge in [-0.25, -0.2) is 0 Å². The van der Waals surface area contributed by atoms with E-state index in [1.165, 1.54) is 17.4 Å². The normalized spacial score (nSPS) is 10.3. The Labute approximate surface area is 120 Å². The maximum absolute atomic E-state index is 11.9. The summed E-state index contributed by atoms with van der Waals surface area (Å²) in [5.41, 5.74) is 6.33. The van der Waals surface area contributed by atoms with Crippen LogP contribution in [0.25, 0.3) is 0 Å². The number of rotatable bonds is 3. The van der Waals surface area contributed by atoms with E-state index in [2.05, 4.69) is 16.0 Å². The number of nitrogens with one attached hydrogen (secondary N) is 2. The molecule has 0 saturated heterocycles. The van der Waals surface area contributed by atoms with Crippen molar-refractivity contribution in [2.75, 3.05) is 0 Å². The van der Waals surface area contributed by atoms with Crippen molar-refractivity contribution in [1.82, 2.24) is 16.0 Å². The standard InChI is InChI=1S/C13H15N3O3S/c1-4-10-7(2)5-11(20-10)13(18)15-14-12(17)9-6-8(3)16-19-9/h5-6H,4H2,1-3H3,(H,14,17)(H,15,18). The molecule has 2 rings (SSSR count). The fourth-order valence-corrected chi connectivity index (χ4v) is 2.70. The first-order valence-electron chi connectivity index (χ1n) is 6.14. The van der Waals surface area contributed by atoms with E-state index in [-0.39, 0.29) is 11.7 Å². The number of nitrogens with zero attached hydrogens (tertiary/aromatic N) is 1. The van der Waals surface area contributed by atoms with Crippen molar-refractivity contribution >= 4 is 23.2 Å². The van der Waals surface area contributed by atoms with Crippen molar-refractivity contribution < 1.29 is 14.1 Å². The molecule has 2 N–H and O–H groups in total. The highest BCUT2D eigenvalue weighted by molar-refractivity contribution is 7.14. The molecular weight excluding hydrogens is 278 g/mol. The fraction of sp³-hybridized carbons (Fsp3) is 0.308. The maximum Gasteiger partial charge on any atom is 0.308 e. The van der Waals surface area contributed by atoms with Crippen molar-refractivity contribution in [1.29, 1.82) is 0 Å². The molecule has 0 spiro atoms. The highest BCUT2D eigenvalue weighted by Gasteiger charge is 2.15. The van der Waals surface area contributed by atoms with Crippen LogP contribution >= 0.6 is 11.3 Å². The molecule has 7 heteroatoms. The number of aromatic nitrogens is 1. The largest absolute Gasteiger partial charge is 0.351 e. The summed E-state index contributed by atoms with van der Waals surface area (Å²) in [6.45, 7) is 5.70. The summed E-state index contributed by atoms with van der Waals surface area (Å²) in [5.74, 6) is -0.829. The Morgan fingerprint density at radius 1 is 1.25 bits per heavy atom. The summed E-state index contributed by atoms with van der Waals surface area (Å²) >= 11 is 1.42. The Bertz CT molecular complexity index is 645. The zero-order valence-corrected chi connectivity index (χ0v) is 12.3. The van der Waals surface area contributed by atoms with E-state index in [1.807, 2.05) is 19.9 Å². The lowest BCUT2D eigenvalue weighted by Crippen LogP contribution is -2.41. The van der Waals surface area contributed by atoms with Crippen LogP contribution < -0.4 is 10.9 Å². The molecule has 0 aromatic carbocycles. The molecule has 0 unspecified atom stereocenters. The second-order valence-corrected chi connectivity index (χ2v) is 5.45. The fourth-order valence-electron chi connectivity index (χ4n) is 1.69. The molecule has 6 nitrogen and oxygen atoms in total. The molecule has 0 saturated carbocycles. The van der Waals surface area contributed by atoms with Crippen LogP contribution in [0.15, 0.2) is 16.7 Å². The lowest BCUT2D eigenvalue weighted by molar-refractivity contribution is 0.0827. The SMILES string of the molecule is CCc1sc(C(=O)NNC(=O)c2cc(C)no2)cc1C. The van der Waals surface area contributed by atoms with E-state index >= 15 is 0 Å². The first-order chi connectivity index (χ1) is 9.51. The lowest BCUT2D eigenvalue weighted by Gasteiger charge is -2.03. The van der Waals surface area contributed by atoms with Gasteiger partial charge in [-0.05, 0) is 31.9 Å². The van der Waals surface area contributed by atoms with Gasteiger partial charge in [-0.1, -0.05) is 12.1 Å². The first-order valence-corrected chi connectivity index (χ1v) is 6.96. The van der Waals surface area contributed by atoms with Crippen molar-refractivity contribution in [3.05, 3.63) is 38.9 Å². The highest BCUT2D eigenvalue weighted by atomic mass is 32.1. The maximum atomic E-state index is 11.9. The van der Waals surface area contributed by atoms with Crippen LogP contribution in [0.5, 0.6) is 0 Å². The Hall–Kier alpha value is -2.15. The summed E-state index contributed by atoms with van der Waals surface area (Å²) in [6, 6.07) is 3.30. The molecule has 20 heavy (non-hydrogen) atoms. The predicted molar refractivity (Wildman–Crippen MR) is 74.6 cm³/mol. The zero-order valence-electron chi connectivity index (χ0n) is 11.4. The summed E-state index contributed by atoms with van der Waals surface area (Å²) in [7, 11) is 0. The lowest BCUT2D eigenvalue weighted by atomic mass is 10.2. The van der Waals surface area contributed by atoms with Gasteiger partial charge < -0.3 is 4.52 Å². The molecule has 2 heterocycles. The Balaban J connectivity index is 1.96. The van der Waals surface area contributed by atoms with Gasteiger partial charge in [0.25, 0.3) is 5.91 Å². The molecule has 2 aromatic heterocycles. The second kappa shape index (κ2) is 5.87. The number of carbonyl (C=O) groups excluding carboxylic acids is 2. The van der Waals surface area contributed by atoms with Crippen molar-refractivity contribution in [2.45, 2.75) is 27.2 Å². The van der Waals surface area contributed by atoms with Crippen molar-refractivity contribution in [3.63, 3.8) is 0 Å². The van der Waals surface area contributed by atoms with E-state index in [0.717, 1.165) is 16.9 Å². The molecule has 106 valence electrons. The van der Waals surface area contributed by atoms with Crippen LogP contribution in [0.2, 0.25) is 0 Å². The summed E-state index contributed by atoms with van der Waals surface area (Å²) in [6.07, 6.45) is 0.882. The van der Waals surface area contributed by atoms with Gasteiger partial charge in [0.1, 0.15) is 0 Å². The van der Waals surface area contributed by atoms with Gasteiger partial charge in [-0.2, -0.15) is 0 Å². The summed E-state index contributed by atoms with van der Waals surface area (Å²) in [5, 5.41) is 3.60.